The summed E-state index contributed by atoms with van der Waals surface area (Å²) in [4.78, 5) is 12.5. The minimum Gasteiger partial charge on any atom is -0.394 e. The van der Waals surface area contributed by atoms with Crippen molar-refractivity contribution in [2.45, 2.75) is 392 Å². The van der Waals surface area contributed by atoms with Crippen LogP contribution >= 0.6 is 0 Å². The smallest absolute Gasteiger partial charge is 0.220 e. The number of hydrogen-bond donors (Lipinski definition) is 3. The molecule has 3 N–H and O–H groups in total. The van der Waals surface area contributed by atoms with Gasteiger partial charge in [-0.25, -0.2) is 0 Å². The van der Waals surface area contributed by atoms with Crippen molar-refractivity contribution < 1.29 is 15.0 Å². The van der Waals surface area contributed by atoms with E-state index >= 15 is 0 Å². The maximum absolute atomic E-state index is 12.5. The van der Waals surface area contributed by atoms with Gasteiger partial charge in [-0.1, -0.05) is 359 Å². The Bertz CT molecular complexity index is 1110. The number of nitrogens with one attached hydrogen (secondary N) is 1. The van der Waals surface area contributed by atoms with E-state index in [1.165, 1.54) is 327 Å². The van der Waals surface area contributed by atoms with Gasteiger partial charge in [0.2, 0.25) is 5.91 Å². The van der Waals surface area contributed by atoms with Gasteiger partial charge in [-0.2, -0.15) is 0 Å². The Morgan fingerprint density at radius 1 is 0.329 bits per heavy atom. The van der Waals surface area contributed by atoms with Crippen molar-refractivity contribution in [1.29, 1.82) is 0 Å². The highest BCUT2D eigenvalue weighted by molar-refractivity contribution is 5.76. The summed E-state index contributed by atoms with van der Waals surface area (Å²) in [5.74, 6) is -0.0572. The van der Waals surface area contributed by atoms with Gasteiger partial charge in [0, 0.05) is 6.42 Å². The zero-order valence-electron chi connectivity index (χ0n) is 49.9. The molecule has 1 amide bonds. The van der Waals surface area contributed by atoms with Crippen LogP contribution in [0.1, 0.15) is 380 Å². The van der Waals surface area contributed by atoms with E-state index in [0.717, 1.165) is 32.1 Å². The number of rotatable bonds is 63. The third-order valence-electron chi connectivity index (χ3n) is 15.9. The summed E-state index contributed by atoms with van der Waals surface area (Å²) in [6.07, 6.45) is 89.4. The Balaban J connectivity index is 3.43. The molecule has 0 saturated carbocycles. The molecular formula is C69H133NO3. The summed E-state index contributed by atoms with van der Waals surface area (Å²) >= 11 is 0. The van der Waals surface area contributed by atoms with E-state index in [9.17, 15) is 15.0 Å². The summed E-state index contributed by atoms with van der Waals surface area (Å²) < 4.78 is 0. The molecule has 0 heterocycles. The van der Waals surface area contributed by atoms with Gasteiger partial charge >= 0.3 is 0 Å². The molecule has 0 aromatic heterocycles. The molecule has 0 aliphatic carbocycles. The summed E-state index contributed by atoms with van der Waals surface area (Å²) in [7, 11) is 0. The lowest BCUT2D eigenvalue weighted by atomic mass is 10.0. The van der Waals surface area contributed by atoms with Crippen molar-refractivity contribution in [3.8, 4) is 0 Å². The van der Waals surface area contributed by atoms with Gasteiger partial charge in [-0.15, -0.1) is 0 Å². The summed E-state index contributed by atoms with van der Waals surface area (Å²) in [5.41, 5.74) is 0. The van der Waals surface area contributed by atoms with Crippen LogP contribution in [0.3, 0.4) is 0 Å². The Morgan fingerprint density at radius 3 is 0.822 bits per heavy atom. The summed E-state index contributed by atoms with van der Waals surface area (Å²) in [6.45, 7) is 4.36. The van der Waals surface area contributed by atoms with Crippen molar-refractivity contribution in [3.63, 3.8) is 0 Å². The standard InChI is InChI=1S/C69H133NO3/c1-3-5-7-9-11-13-15-17-19-21-23-25-27-29-30-31-32-33-34-35-36-37-38-39-40-41-43-45-47-49-51-53-55-57-59-61-63-65-69(73)70-67(66-71)68(72)64-62-60-58-56-54-52-50-48-46-44-42-28-26-24-22-20-18-16-14-12-10-8-6-4-2/h30-31,33-34,62,64,67-68,71-72H,3-29,32,35-61,63,65-66H2,1-2H3,(H,70,73)/b31-30-,34-33-,64-62+. The van der Waals surface area contributed by atoms with E-state index < -0.39 is 12.1 Å². The van der Waals surface area contributed by atoms with Crippen molar-refractivity contribution in [2.24, 2.45) is 0 Å². The highest BCUT2D eigenvalue weighted by atomic mass is 16.3. The topological polar surface area (TPSA) is 69.6 Å². The van der Waals surface area contributed by atoms with Gasteiger partial charge in [0.25, 0.3) is 0 Å². The average molecular weight is 1020 g/mol. The Hall–Kier alpha value is -1.39. The highest BCUT2D eigenvalue weighted by Gasteiger charge is 2.18. The highest BCUT2D eigenvalue weighted by Crippen LogP contribution is 2.19. The second-order valence-corrected chi connectivity index (χ2v) is 23.2. The first-order valence-electron chi connectivity index (χ1n) is 33.7. The fourth-order valence-corrected chi connectivity index (χ4v) is 10.7. The quantitative estimate of drug-likeness (QED) is 0.0420. The van der Waals surface area contributed by atoms with Crippen molar-refractivity contribution in [3.05, 3.63) is 36.5 Å². The van der Waals surface area contributed by atoms with Gasteiger partial charge in [0.1, 0.15) is 0 Å². The minimum atomic E-state index is -0.840. The van der Waals surface area contributed by atoms with Crippen molar-refractivity contribution >= 4 is 5.91 Å². The molecule has 2 unspecified atom stereocenters. The van der Waals surface area contributed by atoms with Gasteiger partial charge < -0.3 is 15.5 Å². The van der Waals surface area contributed by atoms with Crippen molar-refractivity contribution in [2.75, 3.05) is 6.61 Å². The largest absolute Gasteiger partial charge is 0.394 e. The number of aliphatic hydroxyl groups excluding tert-OH is 2. The van der Waals surface area contributed by atoms with Crippen LogP contribution in [0.2, 0.25) is 0 Å². The van der Waals surface area contributed by atoms with E-state index in [0.29, 0.717) is 6.42 Å². The van der Waals surface area contributed by atoms with Crippen LogP contribution in [-0.2, 0) is 4.79 Å². The second kappa shape index (κ2) is 64.9. The molecule has 4 heteroatoms. The lowest BCUT2D eigenvalue weighted by Gasteiger charge is -2.20. The van der Waals surface area contributed by atoms with E-state index in [2.05, 4.69) is 43.5 Å². The van der Waals surface area contributed by atoms with Crippen LogP contribution < -0.4 is 5.32 Å². The third kappa shape index (κ3) is 61.3. The Labute approximate surface area is 459 Å². The molecule has 4 nitrogen and oxygen atoms in total. The molecule has 0 saturated heterocycles. The van der Waals surface area contributed by atoms with Gasteiger partial charge in [-0.05, 0) is 51.4 Å². The van der Waals surface area contributed by atoms with Gasteiger partial charge in [-0.3, -0.25) is 4.79 Å². The lowest BCUT2D eigenvalue weighted by Crippen LogP contribution is -2.45. The second-order valence-electron chi connectivity index (χ2n) is 23.2. The number of carbonyl (C=O) groups excluding carboxylic acids is 1. The van der Waals surface area contributed by atoms with Gasteiger partial charge in [0.15, 0.2) is 0 Å². The third-order valence-corrected chi connectivity index (χ3v) is 15.9. The summed E-state index contributed by atoms with van der Waals surface area (Å²) in [5, 5.41) is 23.3. The zero-order chi connectivity index (χ0) is 52.7. The SMILES string of the molecule is CCCCCCCCCCCCCCC/C=C\C/C=C\CCCCCCCCCCCCCCCCCCCC(=O)NC(CO)C(O)/C=C/CCCCCCCCCCCCCCCCCCCCCCCC. The fourth-order valence-electron chi connectivity index (χ4n) is 10.7. The van der Waals surface area contributed by atoms with Crippen LogP contribution in [0, 0.1) is 0 Å². The number of carbonyl (C=O) groups is 1. The number of amides is 1. The molecule has 0 fully saturated rings. The van der Waals surface area contributed by atoms with Crippen LogP contribution in [0.5, 0.6) is 0 Å². The van der Waals surface area contributed by atoms with Crippen molar-refractivity contribution in [1.82, 2.24) is 5.32 Å². The Morgan fingerprint density at radius 2 is 0.562 bits per heavy atom. The fraction of sp³-hybridized carbons (Fsp3) is 0.899. The predicted octanol–water partition coefficient (Wildman–Crippen LogP) is 22.8. The molecule has 2 atom stereocenters. The molecule has 0 bridgehead atoms. The minimum absolute atomic E-state index is 0.0572. The molecule has 0 rings (SSSR count). The number of allylic oxidation sites excluding steroid dienone is 5. The lowest BCUT2D eigenvalue weighted by molar-refractivity contribution is -0.123. The van der Waals surface area contributed by atoms with Crippen LogP contribution in [-0.4, -0.2) is 34.9 Å². The van der Waals surface area contributed by atoms with E-state index in [1.54, 1.807) is 6.08 Å². The molecule has 0 radical (unpaired) electrons. The molecule has 73 heavy (non-hydrogen) atoms. The number of hydrogen-bond acceptors (Lipinski definition) is 3. The van der Waals surface area contributed by atoms with Gasteiger partial charge in [0.05, 0.1) is 18.8 Å². The molecule has 0 spiro atoms. The van der Waals surface area contributed by atoms with E-state index in [-0.39, 0.29) is 12.5 Å². The molecule has 432 valence electrons. The monoisotopic (exact) mass is 1020 g/mol. The maximum atomic E-state index is 12.5. The first-order chi connectivity index (χ1) is 36.2. The first-order valence-corrected chi connectivity index (χ1v) is 33.7. The maximum Gasteiger partial charge on any atom is 0.220 e. The van der Waals surface area contributed by atoms with E-state index in [1.807, 2.05) is 6.08 Å². The number of unbranched alkanes of at least 4 members (excludes halogenated alkanes) is 52. The molecule has 0 aliphatic heterocycles. The molecule has 0 aliphatic rings. The Kier molecular flexibility index (Phi) is 63.7. The zero-order valence-corrected chi connectivity index (χ0v) is 49.9. The molecule has 0 aromatic carbocycles. The normalized spacial score (nSPS) is 12.9. The predicted molar refractivity (Wildman–Crippen MR) is 327 cm³/mol. The average Bonchev–Trinajstić information content (AvgIpc) is 3.40. The first kappa shape index (κ1) is 71.6. The number of aliphatic hydroxyl groups is 2. The van der Waals surface area contributed by atoms with Crippen LogP contribution in [0.25, 0.3) is 0 Å². The summed E-state index contributed by atoms with van der Waals surface area (Å²) in [6, 6.07) is -0.623. The molecular weight excluding hydrogens is 891 g/mol. The van der Waals surface area contributed by atoms with E-state index in [4.69, 9.17) is 0 Å². The van der Waals surface area contributed by atoms with Crippen LogP contribution in [0.15, 0.2) is 36.5 Å². The molecule has 0 aromatic rings. The van der Waals surface area contributed by atoms with Crippen LogP contribution in [0.4, 0.5) is 0 Å².